The fourth-order valence-electron chi connectivity index (χ4n) is 1.95. The standard InChI is InChI=1S/C14H15FN2/c1-9-6-12(7-10(2)17-9)13-5-3-4-11(8-16)14(13)15/h3-7H,8,16H2,1-2H3. The van der Waals surface area contributed by atoms with Gasteiger partial charge in [-0.1, -0.05) is 18.2 Å². The molecule has 0 saturated heterocycles. The summed E-state index contributed by atoms with van der Waals surface area (Å²) >= 11 is 0. The number of rotatable bonds is 2. The summed E-state index contributed by atoms with van der Waals surface area (Å²) in [5.74, 6) is -0.236. The van der Waals surface area contributed by atoms with Crippen molar-refractivity contribution in [3.8, 4) is 11.1 Å². The molecule has 0 atom stereocenters. The Morgan fingerprint density at radius 2 is 1.82 bits per heavy atom. The van der Waals surface area contributed by atoms with Crippen LogP contribution in [0, 0.1) is 19.7 Å². The molecule has 0 radical (unpaired) electrons. The maximum atomic E-state index is 14.1. The highest BCUT2D eigenvalue weighted by molar-refractivity contribution is 5.65. The van der Waals surface area contributed by atoms with Crippen molar-refractivity contribution in [1.29, 1.82) is 0 Å². The molecule has 2 nitrogen and oxygen atoms in total. The van der Waals surface area contributed by atoms with E-state index in [1.807, 2.05) is 32.0 Å². The third kappa shape index (κ3) is 2.34. The van der Waals surface area contributed by atoms with E-state index in [-0.39, 0.29) is 12.4 Å². The molecule has 0 unspecified atom stereocenters. The van der Waals surface area contributed by atoms with Crippen molar-refractivity contribution < 1.29 is 4.39 Å². The third-order valence-corrected chi connectivity index (χ3v) is 2.69. The summed E-state index contributed by atoms with van der Waals surface area (Å²) in [5, 5.41) is 0. The monoisotopic (exact) mass is 230 g/mol. The van der Waals surface area contributed by atoms with Crippen molar-refractivity contribution in [2.45, 2.75) is 20.4 Å². The molecule has 17 heavy (non-hydrogen) atoms. The van der Waals surface area contributed by atoms with Crippen LogP contribution in [0.3, 0.4) is 0 Å². The molecule has 1 aromatic carbocycles. The van der Waals surface area contributed by atoms with Crippen LogP contribution in [0.1, 0.15) is 17.0 Å². The zero-order valence-electron chi connectivity index (χ0n) is 10.00. The molecule has 0 aliphatic rings. The Kier molecular flexibility index (Phi) is 3.20. The Hall–Kier alpha value is -1.74. The second kappa shape index (κ2) is 4.63. The lowest BCUT2D eigenvalue weighted by Crippen LogP contribution is -2.01. The topological polar surface area (TPSA) is 38.9 Å². The molecule has 2 rings (SSSR count). The van der Waals surface area contributed by atoms with Crippen LogP contribution >= 0.6 is 0 Å². The smallest absolute Gasteiger partial charge is 0.135 e. The van der Waals surface area contributed by atoms with Crippen LogP contribution in [0.5, 0.6) is 0 Å². The summed E-state index contributed by atoms with van der Waals surface area (Å²) in [4.78, 5) is 4.28. The van der Waals surface area contributed by atoms with E-state index in [0.29, 0.717) is 11.1 Å². The average molecular weight is 230 g/mol. The van der Waals surface area contributed by atoms with Crippen molar-refractivity contribution in [2.75, 3.05) is 0 Å². The molecule has 88 valence electrons. The predicted octanol–water partition coefficient (Wildman–Crippen LogP) is 2.96. The molecule has 1 aromatic heterocycles. The van der Waals surface area contributed by atoms with Gasteiger partial charge in [0, 0.05) is 29.1 Å². The van der Waals surface area contributed by atoms with Gasteiger partial charge in [0.15, 0.2) is 0 Å². The van der Waals surface area contributed by atoms with Gasteiger partial charge in [0.05, 0.1) is 0 Å². The predicted molar refractivity (Wildman–Crippen MR) is 67.0 cm³/mol. The minimum atomic E-state index is -0.236. The van der Waals surface area contributed by atoms with Gasteiger partial charge in [-0.05, 0) is 31.5 Å². The van der Waals surface area contributed by atoms with Crippen LogP contribution in [0.4, 0.5) is 4.39 Å². The Morgan fingerprint density at radius 1 is 1.18 bits per heavy atom. The molecule has 0 aliphatic carbocycles. The van der Waals surface area contributed by atoms with Gasteiger partial charge in [-0.2, -0.15) is 0 Å². The van der Waals surface area contributed by atoms with Gasteiger partial charge in [-0.15, -0.1) is 0 Å². The van der Waals surface area contributed by atoms with Crippen LogP contribution in [-0.4, -0.2) is 4.98 Å². The number of halogens is 1. The molecule has 0 bridgehead atoms. The fourth-order valence-corrected chi connectivity index (χ4v) is 1.95. The normalized spacial score (nSPS) is 10.6. The van der Waals surface area contributed by atoms with E-state index in [1.54, 1.807) is 12.1 Å². The highest BCUT2D eigenvalue weighted by Gasteiger charge is 2.09. The Balaban J connectivity index is 2.60. The van der Waals surface area contributed by atoms with Crippen LogP contribution < -0.4 is 5.73 Å². The Morgan fingerprint density at radius 3 is 2.41 bits per heavy atom. The molecular formula is C14H15FN2. The van der Waals surface area contributed by atoms with Gasteiger partial charge in [-0.3, -0.25) is 4.98 Å². The number of nitrogens with zero attached hydrogens (tertiary/aromatic N) is 1. The number of nitrogens with two attached hydrogens (primary N) is 1. The quantitative estimate of drug-likeness (QED) is 0.861. The number of aryl methyl sites for hydroxylation is 2. The zero-order chi connectivity index (χ0) is 12.4. The van der Waals surface area contributed by atoms with E-state index in [1.165, 1.54) is 0 Å². The molecule has 0 aliphatic heterocycles. The first-order valence-corrected chi connectivity index (χ1v) is 5.55. The molecule has 0 spiro atoms. The molecule has 1 heterocycles. The maximum Gasteiger partial charge on any atom is 0.135 e. The van der Waals surface area contributed by atoms with Gasteiger partial charge < -0.3 is 5.73 Å². The first-order chi connectivity index (χ1) is 8.11. The number of hydrogen-bond donors (Lipinski definition) is 1. The number of pyridine rings is 1. The number of benzene rings is 1. The maximum absolute atomic E-state index is 14.1. The van der Waals surface area contributed by atoms with E-state index < -0.39 is 0 Å². The van der Waals surface area contributed by atoms with Crippen molar-refractivity contribution in [3.05, 3.63) is 53.1 Å². The number of aromatic nitrogens is 1. The molecule has 2 aromatic rings. The van der Waals surface area contributed by atoms with Gasteiger partial charge >= 0.3 is 0 Å². The van der Waals surface area contributed by atoms with Gasteiger partial charge in [-0.25, -0.2) is 4.39 Å². The number of hydrogen-bond acceptors (Lipinski definition) is 2. The summed E-state index contributed by atoms with van der Waals surface area (Å²) in [6, 6.07) is 9.06. The molecule has 0 saturated carbocycles. The summed E-state index contributed by atoms with van der Waals surface area (Å²) in [6.07, 6.45) is 0. The minimum Gasteiger partial charge on any atom is -0.326 e. The van der Waals surface area contributed by atoms with Crippen LogP contribution in [0.2, 0.25) is 0 Å². The van der Waals surface area contributed by atoms with E-state index in [9.17, 15) is 4.39 Å². The van der Waals surface area contributed by atoms with Gasteiger partial charge in [0.1, 0.15) is 5.82 Å². The van der Waals surface area contributed by atoms with E-state index in [2.05, 4.69) is 4.98 Å². The summed E-state index contributed by atoms with van der Waals surface area (Å²) in [6.45, 7) is 4.02. The van der Waals surface area contributed by atoms with E-state index in [4.69, 9.17) is 5.73 Å². The van der Waals surface area contributed by atoms with Gasteiger partial charge in [0.2, 0.25) is 0 Å². The first-order valence-electron chi connectivity index (χ1n) is 5.55. The van der Waals surface area contributed by atoms with E-state index >= 15 is 0 Å². The summed E-state index contributed by atoms with van der Waals surface area (Å²) in [7, 11) is 0. The largest absolute Gasteiger partial charge is 0.326 e. The molecule has 0 fully saturated rings. The summed E-state index contributed by atoms with van der Waals surface area (Å²) in [5.41, 5.74) is 9.25. The lowest BCUT2D eigenvalue weighted by Gasteiger charge is -2.08. The second-order valence-corrected chi connectivity index (χ2v) is 4.12. The van der Waals surface area contributed by atoms with Crippen LogP contribution in [0.15, 0.2) is 30.3 Å². The minimum absolute atomic E-state index is 0.211. The molecule has 0 amide bonds. The summed E-state index contributed by atoms with van der Waals surface area (Å²) < 4.78 is 14.1. The highest BCUT2D eigenvalue weighted by atomic mass is 19.1. The SMILES string of the molecule is Cc1cc(-c2cccc(CN)c2F)cc(C)n1. The van der Waals surface area contributed by atoms with Crippen molar-refractivity contribution >= 4 is 0 Å². The van der Waals surface area contributed by atoms with Crippen LogP contribution in [-0.2, 0) is 6.54 Å². The third-order valence-electron chi connectivity index (χ3n) is 2.69. The molecule has 2 N–H and O–H groups in total. The molecular weight excluding hydrogens is 215 g/mol. The van der Waals surface area contributed by atoms with Crippen molar-refractivity contribution in [1.82, 2.24) is 4.98 Å². The highest BCUT2D eigenvalue weighted by Crippen LogP contribution is 2.25. The van der Waals surface area contributed by atoms with Gasteiger partial charge in [0.25, 0.3) is 0 Å². The Labute approximate surface area is 100 Å². The van der Waals surface area contributed by atoms with E-state index in [0.717, 1.165) is 17.0 Å². The second-order valence-electron chi connectivity index (χ2n) is 4.12. The fraction of sp³-hybridized carbons (Fsp3) is 0.214. The zero-order valence-corrected chi connectivity index (χ0v) is 10.00. The first kappa shape index (κ1) is 11.7. The average Bonchev–Trinajstić information content (AvgIpc) is 2.28. The lowest BCUT2D eigenvalue weighted by molar-refractivity contribution is 0.614. The van der Waals surface area contributed by atoms with Crippen molar-refractivity contribution in [3.63, 3.8) is 0 Å². The van der Waals surface area contributed by atoms with Crippen LogP contribution in [0.25, 0.3) is 11.1 Å². The lowest BCUT2D eigenvalue weighted by atomic mass is 10.0. The molecule has 3 heteroatoms. The van der Waals surface area contributed by atoms with Crippen molar-refractivity contribution in [2.24, 2.45) is 5.73 Å². The Bertz CT molecular complexity index is 530.